The van der Waals surface area contributed by atoms with Crippen LogP contribution in [0.2, 0.25) is 0 Å². The van der Waals surface area contributed by atoms with Crippen LogP contribution in [-0.4, -0.2) is 5.11 Å². The van der Waals surface area contributed by atoms with Crippen molar-refractivity contribution in [1.82, 2.24) is 0 Å². The van der Waals surface area contributed by atoms with E-state index in [1.807, 2.05) is 30.3 Å². The van der Waals surface area contributed by atoms with Crippen molar-refractivity contribution < 1.29 is 5.11 Å². The molecule has 0 spiro atoms. The molecule has 3 aromatic rings. The van der Waals surface area contributed by atoms with Gasteiger partial charge in [0.2, 0.25) is 0 Å². The second-order valence-corrected chi connectivity index (χ2v) is 6.91. The summed E-state index contributed by atoms with van der Waals surface area (Å²) in [6.45, 7) is 0. The predicted molar refractivity (Wildman–Crippen MR) is 92.0 cm³/mol. The quantitative estimate of drug-likeness (QED) is 0.698. The molecule has 1 heterocycles. The molecule has 0 amide bonds. The number of hydrogen-bond acceptors (Lipinski definition) is 2. The van der Waals surface area contributed by atoms with E-state index in [9.17, 15) is 5.11 Å². The molecule has 1 aliphatic rings. The van der Waals surface area contributed by atoms with Crippen LogP contribution in [-0.2, 0) is 0 Å². The first-order valence-electron chi connectivity index (χ1n) is 7.70. The van der Waals surface area contributed by atoms with Crippen molar-refractivity contribution in [2.75, 3.05) is 0 Å². The lowest BCUT2D eigenvalue weighted by atomic mass is 10.0. The maximum Gasteiger partial charge on any atom is 0.0824 e. The highest BCUT2D eigenvalue weighted by Crippen LogP contribution is 2.54. The van der Waals surface area contributed by atoms with Crippen molar-refractivity contribution in [1.29, 1.82) is 0 Å². The van der Waals surface area contributed by atoms with Gasteiger partial charge < -0.3 is 5.11 Å². The van der Waals surface area contributed by atoms with Gasteiger partial charge in [0.15, 0.2) is 0 Å². The van der Waals surface area contributed by atoms with Gasteiger partial charge >= 0.3 is 0 Å². The molecule has 1 fully saturated rings. The van der Waals surface area contributed by atoms with Gasteiger partial charge in [0.25, 0.3) is 0 Å². The summed E-state index contributed by atoms with van der Waals surface area (Å²) in [6.07, 6.45) is 0.734. The lowest BCUT2D eigenvalue weighted by molar-refractivity contribution is 0.151. The van der Waals surface area contributed by atoms with E-state index in [0.717, 1.165) is 12.0 Å². The molecule has 110 valence electrons. The van der Waals surface area contributed by atoms with Crippen molar-refractivity contribution in [3.63, 3.8) is 0 Å². The van der Waals surface area contributed by atoms with Crippen molar-refractivity contribution in [3.8, 4) is 10.4 Å². The van der Waals surface area contributed by atoms with Crippen LogP contribution in [0.5, 0.6) is 0 Å². The molecule has 1 aliphatic carbocycles. The molecule has 3 atom stereocenters. The lowest BCUT2D eigenvalue weighted by Gasteiger charge is -2.10. The third kappa shape index (κ3) is 2.60. The fourth-order valence-corrected chi connectivity index (χ4v) is 3.91. The lowest BCUT2D eigenvalue weighted by Crippen LogP contribution is -2.00. The summed E-state index contributed by atoms with van der Waals surface area (Å²) in [4.78, 5) is 1.31. The maximum atomic E-state index is 10.5. The van der Waals surface area contributed by atoms with E-state index in [0.29, 0.717) is 11.8 Å². The summed E-state index contributed by atoms with van der Waals surface area (Å²) in [7, 11) is 0. The summed E-state index contributed by atoms with van der Waals surface area (Å²) in [6, 6.07) is 23.1. The Labute approximate surface area is 134 Å². The first kappa shape index (κ1) is 13.7. The van der Waals surface area contributed by atoms with Crippen LogP contribution >= 0.6 is 11.3 Å². The first-order valence-corrected chi connectivity index (χ1v) is 8.58. The number of hydrogen-bond donors (Lipinski definition) is 1. The third-order valence-corrected chi connectivity index (χ3v) is 5.45. The summed E-state index contributed by atoms with van der Waals surface area (Å²) >= 11 is 1.77. The van der Waals surface area contributed by atoms with Crippen LogP contribution in [0.15, 0.2) is 72.1 Å². The Bertz CT molecular complexity index is 731. The third-order valence-electron chi connectivity index (χ3n) is 4.53. The minimum absolute atomic E-state index is 0.344. The largest absolute Gasteiger partial charge is 0.388 e. The topological polar surface area (TPSA) is 20.2 Å². The number of aliphatic hydroxyl groups is 1. The number of rotatable bonds is 4. The van der Waals surface area contributed by atoms with Gasteiger partial charge in [-0.05, 0) is 46.4 Å². The average molecular weight is 306 g/mol. The summed E-state index contributed by atoms with van der Waals surface area (Å²) < 4.78 is 0. The standard InChI is InChI=1S/C20H18OS/c21-20(16-5-2-1-3-6-16)18-13-17(18)14-8-10-15(11-9-14)19-7-4-12-22-19/h1-12,17-18,20-21H,13H2. The van der Waals surface area contributed by atoms with Gasteiger partial charge in [-0.25, -0.2) is 0 Å². The van der Waals surface area contributed by atoms with Crippen molar-refractivity contribution in [2.45, 2.75) is 18.4 Å². The second-order valence-electron chi connectivity index (χ2n) is 5.96. The molecule has 3 unspecified atom stereocenters. The Morgan fingerprint density at radius 2 is 1.68 bits per heavy atom. The Hall–Kier alpha value is -1.90. The molecule has 0 aliphatic heterocycles. The molecule has 4 rings (SSSR count). The Balaban J connectivity index is 1.48. The molecule has 1 aromatic heterocycles. The molecule has 2 heteroatoms. The molecule has 0 saturated heterocycles. The molecular formula is C20H18OS. The Morgan fingerprint density at radius 3 is 2.36 bits per heavy atom. The van der Waals surface area contributed by atoms with E-state index in [4.69, 9.17) is 0 Å². The van der Waals surface area contributed by atoms with Crippen molar-refractivity contribution in [2.24, 2.45) is 5.92 Å². The molecule has 1 nitrogen and oxygen atoms in total. The normalized spacial score (nSPS) is 21.5. The Kier molecular flexibility index (Phi) is 3.57. The van der Waals surface area contributed by atoms with Gasteiger partial charge in [0.1, 0.15) is 0 Å². The zero-order valence-corrected chi connectivity index (χ0v) is 13.0. The second kappa shape index (κ2) is 5.71. The molecule has 0 radical (unpaired) electrons. The number of aliphatic hydroxyl groups excluding tert-OH is 1. The van der Waals surface area contributed by atoms with Gasteiger partial charge in [-0.3, -0.25) is 0 Å². The van der Waals surface area contributed by atoms with Gasteiger partial charge in [0, 0.05) is 4.88 Å². The molecule has 1 N–H and O–H groups in total. The molecule has 0 bridgehead atoms. The van der Waals surface area contributed by atoms with E-state index in [2.05, 4.69) is 41.8 Å². The average Bonchev–Trinajstić information content (AvgIpc) is 3.19. The van der Waals surface area contributed by atoms with Crippen LogP contribution in [0.1, 0.15) is 29.6 Å². The fourth-order valence-electron chi connectivity index (χ4n) is 3.18. The Morgan fingerprint density at radius 1 is 0.909 bits per heavy atom. The highest BCUT2D eigenvalue weighted by Gasteiger charge is 2.43. The minimum atomic E-state index is -0.344. The highest BCUT2D eigenvalue weighted by atomic mass is 32.1. The van der Waals surface area contributed by atoms with Crippen LogP contribution < -0.4 is 0 Å². The van der Waals surface area contributed by atoms with Crippen molar-refractivity contribution >= 4 is 11.3 Å². The SMILES string of the molecule is OC(c1ccccc1)C1CC1c1ccc(-c2cccs2)cc1. The van der Waals surface area contributed by atoms with E-state index < -0.39 is 0 Å². The number of benzene rings is 2. The number of thiophene rings is 1. The minimum Gasteiger partial charge on any atom is -0.388 e. The summed E-state index contributed by atoms with van der Waals surface area (Å²) in [5.41, 5.74) is 3.66. The highest BCUT2D eigenvalue weighted by molar-refractivity contribution is 7.13. The van der Waals surface area contributed by atoms with Crippen LogP contribution in [0, 0.1) is 5.92 Å². The first-order chi connectivity index (χ1) is 10.8. The predicted octanol–water partition coefficient (Wildman–Crippen LogP) is 5.25. The van der Waals surface area contributed by atoms with Crippen LogP contribution in [0.3, 0.4) is 0 Å². The van der Waals surface area contributed by atoms with E-state index in [-0.39, 0.29) is 6.10 Å². The summed E-state index contributed by atoms with van der Waals surface area (Å²) in [5, 5.41) is 12.6. The monoisotopic (exact) mass is 306 g/mol. The zero-order chi connectivity index (χ0) is 14.9. The van der Waals surface area contributed by atoms with Crippen LogP contribution in [0.4, 0.5) is 0 Å². The molecule has 22 heavy (non-hydrogen) atoms. The van der Waals surface area contributed by atoms with E-state index in [1.165, 1.54) is 16.0 Å². The molecule has 2 aromatic carbocycles. The van der Waals surface area contributed by atoms with Gasteiger partial charge in [-0.15, -0.1) is 11.3 Å². The smallest absolute Gasteiger partial charge is 0.0824 e. The van der Waals surface area contributed by atoms with Gasteiger partial charge in [-0.2, -0.15) is 0 Å². The van der Waals surface area contributed by atoms with Gasteiger partial charge in [-0.1, -0.05) is 60.7 Å². The van der Waals surface area contributed by atoms with Crippen LogP contribution in [0.25, 0.3) is 10.4 Å². The zero-order valence-electron chi connectivity index (χ0n) is 12.2. The summed E-state index contributed by atoms with van der Waals surface area (Å²) in [5.74, 6) is 0.850. The van der Waals surface area contributed by atoms with E-state index >= 15 is 0 Å². The van der Waals surface area contributed by atoms with Gasteiger partial charge in [0.05, 0.1) is 6.10 Å². The molecular weight excluding hydrogens is 288 g/mol. The van der Waals surface area contributed by atoms with E-state index in [1.54, 1.807) is 11.3 Å². The van der Waals surface area contributed by atoms with Crippen molar-refractivity contribution in [3.05, 3.63) is 83.2 Å². The maximum absolute atomic E-state index is 10.5. The molecule has 1 saturated carbocycles. The fraction of sp³-hybridized carbons (Fsp3) is 0.200.